The van der Waals surface area contributed by atoms with E-state index in [0.717, 1.165) is 12.8 Å². The third-order valence-corrected chi connectivity index (χ3v) is 6.85. The van der Waals surface area contributed by atoms with Crippen molar-refractivity contribution >= 4 is 21.6 Å². The maximum atomic E-state index is 13.2. The number of sulfonamides is 1. The zero-order chi connectivity index (χ0) is 19.6. The van der Waals surface area contributed by atoms with E-state index >= 15 is 0 Å². The molecule has 0 aliphatic carbocycles. The summed E-state index contributed by atoms with van der Waals surface area (Å²) in [6, 6.07) is 10.0. The van der Waals surface area contributed by atoms with Gasteiger partial charge in [-0.1, -0.05) is 6.92 Å². The molecule has 5 nitrogen and oxygen atoms in total. The molecule has 1 heterocycles. The highest BCUT2D eigenvalue weighted by Gasteiger charge is 2.28. The van der Waals surface area contributed by atoms with Gasteiger partial charge in [0.2, 0.25) is 10.0 Å². The first kappa shape index (κ1) is 19.5. The summed E-state index contributed by atoms with van der Waals surface area (Å²) in [5, 5.41) is 2.71. The van der Waals surface area contributed by atoms with Gasteiger partial charge in [-0.05, 0) is 73.7 Å². The van der Waals surface area contributed by atoms with Crippen molar-refractivity contribution in [1.29, 1.82) is 0 Å². The number of nitrogens with zero attached hydrogens (tertiary/aromatic N) is 1. The predicted octanol–water partition coefficient (Wildman–Crippen LogP) is 3.81. The molecule has 1 aliphatic heterocycles. The van der Waals surface area contributed by atoms with E-state index < -0.39 is 10.0 Å². The molecule has 0 bridgehead atoms. The Morgan fingerprint density at radius 1 is 1.11 bits per heavy atom. The number of anilines is 1. The molecule has 1 fully saturated rings. The molecule has 0 aromatic heterocycles. The highest BCUT2D eigenvalue weighted by molar-refractivity contribution is 7.89. The van der Waals surface area contributed by atoms with Crippen LogP contribution in [0, 0.1) is 18.7 Å². The summed E-state index contributed by atoms with van der Waals surface area (Å²) in [6.45, 7) is 4.87. The van der Waals surface area contributed by atoms with Crippen LogP contribution in [0.2, 0.25) is 0 Å². The van der Waals surface area contributed by atoms with E-state index in [9.17, 15) is 17.6 Å². The van der Waals surface area contributed by atoms with Crippen LogP contribution < -0.4 is 5.32 Å². The molecule has 144 valence electrons. The van der Waals surface area contributed by atoms with Crippen LogP contribution in [0.1, 0.15) is 35.7 Å². The van der Waals surface area contributed by atoms with Crippen LogP contribution in [0.25, 0.3) is 0 Å². The van der Waals surface area contributed by atoms with Gasteiger partial charge in [0.25, 0.3) is 5.91 Å². The van der Waals surface area contributed by atoms with E-state index in [-0.39, 0.29) is 16.6 Å². The van der Waals surface area contributed by atoms with Crippen LogP contribution in [-0.2, 0) is 10.0 Å². The molecule has 0 radical (unpaired) electrons. The Balaban J connectivity index is 1.73. The number of piperidine rings is 1. The standard InChI is InChI=1S/C20H23FN2O3S/c1-14-9-11-23(12-10-14)27(25,26)18-6-3-16(4-7-18)20(24)22-19-8-5-17(21)13-15(19)2/h3-8,13-14H,9-12H2,1-2H3,(H,22,24). The minimum atomic E-state index is -3.54. The first-order chi connectivity index (χ1) is 12.8. The Kier molecular flexibility index (Phi) is 5.62. The van der Waals surface area contributed by atoms with Crippen LogP contribution in [0.15, 0.2) is 47.4 Å². The van der Waals surface area contributed by atoms with E-state index in [2.05, 4.69) is 12.2 Å². The summed E-state index contributed by atoms with van der Waals surface area (Å²) < 4.78 is 40.1. The van der Waals surface area contributed by atoms with E-state index in [4.69, 9.17) is 0 Å². The predicted molar refractivity (Wildman–Crippen MR) is 103 cm³/mol. The van der Waals surface area contributed by atoms with E-state index in [1.807, 2.05) is 0 Å². The summed E-state index contributed by atoms with van der Waals surface area (Å²) in [5.41, 5.74) is 1.47. The number of carbonyl (C=O) groups excluding carboxylic acids is 1. The summed E-state index contributed by atoms with van der Waals surface area (Å²) in [4.78, 5) is 12.6. The van der Waals surface area contributed by atoms with Crippen LogP contribution in [0.4, 0.5) is 10.1 Å². The minimum absolute atomic E-state index is 0.187. The first-order valence-electron chi connectivity index (χ1n) is 8.95. The average molecular weight is 390 g/mol. The fourth-order valence-electron chi connectivity index (χ4n) is 3.11. The van der Waals surface area contributed by atoms with Crippen LogP contribution in [0.3, 0.4) is 0 Å². The van der Waals surface area contributed by atoms with Crippen molar-refractivity contribution in [3.63, 3.8) is 0 Å². The highest BCUT2D eigenvalue weighted by Crippen LogP contribution is 2.24. The van der Waals surface area contributed by atoms with Gasteiger partial charge < -0.3 is 5.32 Å². The van der Waals surface area contributed by atoms with E-state index in [1.54, 1.807) is 6.92 Å². The van der Waals surface area contributed by atoms with Gasteiger partial charge in [0.15, 0.2) is 0 Å². The molecular formula is C20H23FN2O3S. The zero-order valence-electron chi connectivity index (χ0n) is 15.4. The molecule has 1 aliphatic rings. The van der Waals surface area contributed by atoms with E-state index in [0.29, 0.717) is 35.8 Å². The van der Waals surface area contributed by atoms with Crippen molar-refractivity contribution in [2.24, 2.45) is 5.92 Å². The smallest absolute Gasteiger partial charge is 0.255 e. The lowest BCUT2D eigenvalue weighted by Gasteiger charge is -2.29. The third-order valence-electron chi connectivity index (χ3n) is 4.93. The van der Waals surface area contributed by atoms with Crippen molar-refractivity contribution in [2.75, 3.05) is 18.4 Å². The van der Waals surface area contributed by atoms with Crippen LogP contribution >= 0.6 is 0 Å². The normalized spacial score (nSPS) is 16.3. The van der Waals surface area contributed by atoms with Gasteiger partial charge in [0, 0.05) is 24.3 Å². The van der Waals surface area contributed by atoms with Crippen molar-refractivity contribution in [3.8, 4) is 0 Å². The Bertz CT molecular complexity index is 934. The summed E-state index contributed by atoms with van der Waals surface area (Å²) in [7, 11) is -3.54. The number of halogens is 1. The topological polar surface area (TPSA) is 66.5 Å². The first-order valence-corrected chi connectivity index (χ1v) is 10.4. The van der Waals surface area contributed by atoms with Crippen LogP contribution in [0.5, 0.6) is 0 Å². The summed E-state index contributed by atoms with van der Waals surface area (Å²) in [5.74, 6) is -0.204. The second-order valence-electron chi connectivity index (χ2n) is 7.02. The van der Waals surface area contributed by atoms with Crippen molar-refractivity contribution in [3.05, 3.63) is 59.4 Å². The van der Waals surface area contributed by atoms with Gasteiger partial charge in [-0.15, -0.1) is 0 Å². The monoisotopic (exact) mass is 390 g/mol. The molecule has 2 aromatic rings. The number of rotatable bonds is 4. The zero-order valence-corrected chi connectivity index (χ0v) is 16.2. The lowest BCUT2D eigenvalue weighted by Crippen LogP contribution is -2.37. The van der Waals surface area contributed by atoms with E-state index in [1.165, 1.54) is 46.8 Å². The lowest BCUT2D eigenvalue weighted by atomic mass is 10.0. The number of benzene rings is 2. The molecule has 0 spiro atoms. The second kappa shape index (κ2) is 7.78. The average Bonchev–Trinajstić information content (AvgIpc) is 2.64. The fraction of sp³-hybridized carbons (Fsp3) is 0.350. The maximum absolute atomic E-state index is 13.2. The van der Waals surface area contributed by atoms with Gasteiger partial charge in [-0.3, -0.25) is 4.79 Å². The molecule has 1 N–H and O–H groups in total. The molecular weight excluding hydrogens is 367 g/mol. The number of hydrogen-bond donors (Lipinski definition) is 1. The van der Waals surface area contributed by atoms with Crippen molar-refractivity contribution < 1.29 is 17.6 Å². The molecule has 0 saturated carbocycles. The maximum Gasteiger partial charge on any atom is 0.255 e. The van der Waals surface area contributed by atoms with Gasteiger partial charge in [-0.2, -0.15) is 4.31 Å². The Morgan fingerprint density at radius 2 is 1.74 bits per heavy atom. The Labute approximate surface area is 159 Å². The van der Waals surface area contributed by atoms with Gasteiger partial charge >= 0.3 is 0 Å². The van der Waals surface area contributed by atoms with Gasteiger partial charge in [-0.25, -0.2) is 12.8 Å². The Hall–Kier alpha value is -2.25. The number of amides is 1. The summed E-state index contributed by atoms with van der Waals surface area (Å²) >= 11 is 0. The molecule has 1 saturated heterocycles. The quantitative estimate of drug-likeness (QED) is 0.863. The number of hydrogen-bond acceptors (Lipinski definition) is 3. The van der Waals surface area contributed by atoms with Crippen molar-refractivity contribution in [2.45, 2.75) is 31.6 Å². The lowest BCUT2D eigenvalue weighted by molar-refractivity contribution is 0.102. The molecule has 3 rings (SSSR count). The SMILES string of the molecule is Cc1cc(F)ccc1NC(=O)c1ccc(S(=O)(=O)N2CCC(C)CC2)cc1. The number of aryl methyl sites for hydroxylation is 1. The molecule has 7 heteroatoms. The minimum Gasteiger partial charge on any atom is -0.322 e. The molecule has 0 atom stereocenters. The molecule has 0 unspecified atom stereocenters. The second-order valence-corrected chi connectivity index (χ2v) is 8.96. The van der Waals surface area contributed by atoms with Gasteiger partial charge in [0.05, 0.1) is 4.90 Å². The summed E-state index contributed by atoms with van der Waals surface area (Å²) in [6.07, 6.45) is 1.72. The highest BCUT2D eigenvalue weighted by atomic mass is 32.2. The van der Waals surface area contributed by atoms with Gasteiger partial charge in [0.1, 0.15) is 5.82 Å². The Morgan fingerprint density at radius 3 is 2.33 bits per heavy atom. The largest absolute Gasteiger partial charge is 0.322 e. The number of nitrogens with one attached hydrogen (secondary N) is 1. The van der Waals surface area contributed by atoms with Crippen molar-refractivity contribution in [1.82, 2.24) is 4.31 Å². The molecule has 1 amide bonds. The van der Waals surface area contributed by atoms with Crippen LogP contribution in [-0.4, -0.2) is 31.7 Å². The number of carbonyl (C=O) groups is 1. The third kappa shape index (κ3) is 4.36. The molecule has 2 aromatic carbocycles. The molecule has 27 heavy (non-hydrogen) atoms. The fourth-order valence-corrected chi connectivity index (χ4v) is 4.58.